The van der Waals surface area contributed by atoms with Crippen LogP contribution in [0.15, 0.2) is 47.4 Å². The zero-order chi connectivity index (χ0) is 12.5. The molecule has 0 saturated heterocycles. The molecule has 0 amide bonds. The second-order valence-electron chi connectivity index (χ2n) is 4.68. The van der Waals surface area contributed by atoms with Crippen LogP contribution in [0.4, 0.5) is 0 Å². The van der Waals surface area contributed by atoms with Crippen molar-refractivity contribution in [1.82, 2.24) is 0 Å². The average molecular weight is 252 g/mol. The molecule has 0 bridgehead atoms. The van der Waals surface area contributed by atoms with Crippen molar-refractivity contribution in [2.24, 2.45) is 0 Å². The van der Waals surface area contributed by atoms with Crippen LogP contribution < -0.4 is 0 Å². The predicted octanol–water partition coefficient (Wildman–Crippen LogP) is 4.77. The van der Waals surface area contributed by atoms with Crippen LogP contribution in [0.1, 0.15) is 23.6 Å². The van der Waals surface area contributed by atoms with Crippen LogP contribution in [0.5, 0.6) is 0 Å². The summed E-state index contributed by atoms with van der Waals surface area (Å²) >= 11 is 4.36. The first-order valence-electron chi connectivity index (χ1n) is 6.40. The minimum atomic E-state index is 1.01. The van der Waals surface area contributed by atoms with Crippen LogP contribution in [0.3, 0.4) is 0 Å². The van der Waals surface area contributed by atoms with Gasteiger partial charge in [0.1, 0.15) is 0 Å². The molecule has 18 heavy (non-hydrogen) atoms. The van der Waals surface area contributed by atoms with E-state index in [1.807, 2.05) is 0 Å². The Labute approximate surface area is 114 Å². The van der Waals surface area contributed by atoms with Gasteiger partial charge in [0.25, 0.3) is 0 Å². The van der Waals surface area contributed by atoms with E-state index in [1.54, 1.807) is 0 Å². The summed E-state index contributed by atoms with van der Waals surface area (Å²) in [7, 11) is 0. The molecule has 0 fully saturated rings. The largest absolute Gasteiger partial charge is 0.143 e. The van der Waals surface area contributed by atoms with Crippen molar-refractivity contribution in [3.05, 3.63) is 59.2 Å². The van der Waals surface area contributed by atoms with Gasteiger partial charge in [-0.25, -0.2) is 0 Å². The fraction of sp³-hybridized carbons (Fsp3) is 0.176. The molecule has 1 aliphatic rings. The fourth-order valence-corrected chi connectivity index (χ4v) is 2.79. The normalized spacial score (nSPS) is 12.8. The highest BCUT2D eigenvalue weighted by atomic mass is 32.1. The lowest BCUT2D eigenvalue weighted by molar-refractivity contribution is 1.13. The van der Waals surface area contributed by atoms with Gasteiger partial charge >= 0.3 is 0 Å². The molecule has 0 spiro atoms. The Morgan fingerprint density at radius 1 is 1.06 bits per heavy atom. The minimum Gasteiger partial charge on any atom is -0.143 e. The summed E-state index contributed by atoms with van der Waals surface area (Å²) in [5.41, 5.74) is 6.97. The molecule has 0 N–H and O–H groups in total. The smallest absolute Gasteiger partial charge is 0.00404 e. The van der Waals surface area contributed by atoms with E-state index in [9.17, 15) is 0 Å². The minimum absolute atomic E-state index is 1.01. The Morgan fingerprint density at radius 3 is 2.56 bits per heavy atom. The molecule has 3 rings (SSSR count). The summed E-state index contributed by atoms with van der Waals surface area (Å²) in [5.74, 6) is 0. The number of hydrogen-bond acceptors (Lipinski definition) is 1. The Kier molecular flexibility index (Phi) is 3.00. The topological polar surface area (TPSA) is 0 Å². The van der Waals surface area contributed by atoms with E-state index in [-0.39, 0.29) is 0 Å². The fourth-order valence-electron chi connectivity index (χ4n) is 2.64. The lowest BCUT2D eigenvalue weighted by atomic mass is 9.91. The molecule has 0 nitrogen and oxygen atoms in total. The zero-order valence-electron chi connectivity index (χ0n) is 10.5. The van der Waals surface area contributed by atoms with Crippen molar-refractivity contribution in [3.63, 3.8) is 0 Å². The Balaban J connectivity index is 2.23. The van der Waals surface area contributed by atoms with Crippen molar-refractivity contribution in [2.75, 3.05) is 0 Å². The lowest BCUT2D eigenvalue weighted by Gasteiger charge is -2.13. The third-order valence-electron chi connectivity index (χ3n) is 3.58. The van der Waals surface area contributed by atoms with Gasteiger partial charge in [0.15, 0.2) is 0 Å². The second-order valence-corrected chi connectivity index (χ2v) is 5.20. The molecule has 90 valence electrons. The van der Waals surface area contributed by atoms with Crippen LogP contribution in [-0.2, 0) is 12.8 Å². The van der Waals surface area contributed by atoms with Gasteiger partial charge < -0.3 is 0 Å². The molecule has 0 unspecified atom stereocenters. The first-order valence-corrected chi connectivity index (χ1v) is 6.85. The first-order chi connectivity index (χ1) is 8.79. The summed E-state index contributed by atoms with van der Waals surface area (Å²) in [6, 6.07) is 13.0. The zero-order valence-corrected chi connectivity index (χ0v) is 11.4. The van der Waals surface area contributed by atoms with Crippen LogP contribution in [0.2, 0.25) is 0 Å². The number of benzene rings is 2. The maximum absolute atomic E-state index is 4.36. The molecule has 1 aliphatic carbocycles. The van der Waals surface area contributed by atoms with E-state index >= 15 is 0 Å². The van der Waals surface area contributed by atoms with Gasteiger partial charge in [-0.15, -0.1) is 12.6 Å². The molecule has 0 heterocycles. The summed E-state index contributed by atoms with van der Waals surface area (Å²) < 4.78 is 0. The number of fused-ring (bicyclic) bond motifs is 1. The SMILES string of the molecule is CCc1ccc2c(c1-c1ccc(S)cc1)C=CC2. The Bertz CT molecular complexity index is 606. The van der Waals surface area contributed by atoms with Gasteiger partial charge in [-0.3, -0.25) is 0 Å². The van der Waals surface area contributed by atoms with Crippen molar-refractivity contribution in [1.29, 1.82) is 0 Å². The average Bonchev–Trinajstić information content (AvgIpc) is 2.87. The Hall–Kier alpha value is -1.47. The number of aryl methyl sites for hydroxylation is 1. The third-order valence-corrected chi connectivity index (χ3v) is 3.88. The summed E-state index contributed by atoms with van der Waals surface area (Å²) in [6.07, 6.45) is 6.65. The van der Waals surface area contributed by atoms with Crippen LogP contribution in [0.25, 0.3) is 17.2 Å². The van der Waals surface area contributed by atoms with E-state index < -0.39 is 0 Å². The van der Waals surface area contributed by atoms with E-state index in [0.717, 1.165) is 17.7 Å². The molecule has 0 atom stereocenters. The molecular weight excluding hydrogens is 236 g/mol. The van der Waals surface area contributed by atoms with E-state index in [4.69, 9.17) is 0 Å². The highest BCUT2D eigenvalue weighted by Crippen LogP contribution is 2.35. The van der Waals surface area contributed by atoms with Gasteiger partial charge in [0, 0.05) is 4.90 Å². The van der Waals surface area contributed by atoms with E-state index in [1.165, 1.54) is 27.8 Å². The molecule has 2 aromatic carbocycles. The van der Waals surface area contributed by atoms with Crippen molar-refractivity contribution in [2.45, 2.75) is 24.7 Å². The summed E-state index contributed by atoms with van der Waals surface area (Å²) in [4.78, 5) is 1.01. The van der Waals surface area contributed by atoms with Crippen molar-refractivity contribution in [3.8, 4) is 11.1 Å². The molecule has 1 heteroatoms. The van der Waals surface area contributed by atoms with E-state index in [0.29, 0.717) is 0 Å². The van der Waals surface area contributed by atoms with Gasteiger partial charge in [-0.1, -0.05) is 43.3 Å². The molecular formula is C17H16S. The maximum atomic E-state index is 4.36. The summed E-state index contributed by atoms with van der Waals surface area (Å²) in [6.45, 7) is 2.22. The van der Waals surface area contributed by atoms with Gasteiger partial charge in [0.05, 0.1) is 0 Å². The highest BCUT2D eigenvalue weighted by Gasteiger charge is 2.14. The number of hydrogen-bond donors (Lipinski definition) is 1. The van der Waals surface area contributed by atoms with Crippen LogP contribution >= 0.6 is 12.6 Å². The monoisotopic (exact) mass is 252 g/mol. The van der Waals surface area contributed by atoms with Crippen molar-refractivity contribution < 1.29 is 0 Å². The quantitative estimate of drug-likeness (QED) is 0.731. The third kappa shape index (κ3) is 1.89. The molecule has 0 radical (unpaired) electrons. The summed E-state index contributed by atoms with van der Waals surface area (Å²) in [5, 5.41) is 0. The van der Waals surface area contributed by atoms with Gasteiger partial charge in [0.2, 0.25) is 0 Å². The highest BCUT2D eigenvalue weighted by molar-refractivity contribution is 7.80. The standard InChI is InChI=1S/C17H16S/c1-2-12-6-7-13-4-3-5-16(13)17(12)14-8-10-15(18)11-9-14/h3,5-11,18H,2,4H2,1H3. The van der Waals surface area contributed by atoms with Gasteiger partial charge in [-0.05, 0) is 52.8 Å². The predicted molar refractivity (Wildman–Crippen MR) is 81.2 cm³/mol. The molecule has 0 aliphatic heterocycles. The first kappa shape index (κ1) is 11.6. The lowest BCUT2D eigenvalue weighted by Crippen LogP contribution is -1.94. The molecule has 0 aromatic heterocycles. The second kappa shape index (κ2) is 4.66. The Morgan fingerprint density at radius 2 is 1.83 bits per heavy atom. The van der Waals surface area contributed by atoms with Crippen molar-refractivity contribution >= 4 is 18.7 Å². The van der Waals surface area contributed by atoms with Crippen LogP contribution in [0, 0.1) is 0 Å². The maximum Gasteiger partial charge on any atom is 0.00404 e. The number of allylic oxidation sites excluding steroid dienone is 1. The van der Waals surface area contributed by atoms with Gasteiger partial charge in [-0.2, -0.15) is 0 Å². The number of rotatable bonds is 2. The van der Waals surface area contributed by atoms with E-state index in [2.05, 4.69) is 68.1 Å². The molecule has 0 saturated carbocycles. The van der Waals surface area contributed by atoms with Crippen LogP contribution in [-0.4, -0.2) is 0 Å². The molecule has 2 aromatic rings. The number of thiol groups is 1.